The van der Waals surface area contributed by atoms with E-state index >= 15 is 0 Å². The molecule has 1 fully saturated rings. The monoisotopic (exact) mass is 261 g/mol. The van der Waals surface area contributed by atoms with Crippen molar-refractivity contribution < 1.29 is 8.78 Å². The van der Waals surface area contributed by atoms with E-state index in [0.29, 0.717) is 12.0 Å². The van der Waals surface area contributed by atoms with Crippen molar-refractivity contribution in [3.05, 3.63) is 0 Å². The molecular formula is C15H29F2N. The van der Waals surface area contributed by atoms with Gasteiger partial charge in [-0.25, -0.2) is 8.78 Å². The predicted octanol–water partition coefficient (Wildman–Crippen LogP) is 4.57. The highest BCUT2D eigenvalue weighted by Crippen LogP contribution is 2.46. The number of hydrogen-bond donors (Lipinski definition) is 0. The lowest BCUT2D eigenvalue weighted by Gasteiger charge is -2.38. The third kappa shape index (κ3) is 5.21. The zero-order valence-corrected chi connectivity index (χ0v) is 12.4. The fraction of sp³-hybridized carbons (Fsp3) is 1.00. The lowest BCUT2D eigenvalue weighted by molar-refractivity contribution is -0.116. The Labute approximate surface area is 111 Å². The summed E-state index contributed by atoms with van der Waals surface area (Å²) in [5.74, 6) is -1.45. The van der Waals surface area contributed by atoms with Crippen LogP contribution < -0.4 is 0 Å². The molecule has 1 aliphatic carbocycles. The van der Waals surface area contributed by atoms with E-state index in [4.69, 9.17) is 0 Å². The molecule has 0 aliphatic heterocycles. The molecule has 3 heteroatoms. The Morgan fingerprint density at radius 1 is 1.28 bits per heavy atom. The van der Waals surface area contributed by atoms with Crippen LogP contribution in [0, 0.1) is 11.8 Å². The van der Waals surface area contributed by atoms with Crippen molar-refractivity contribution in [2.45, 2.75) is 70.8 Å². The smallest absolute Gasteiger partial charge is 0.248 e. The molecule has 0 amide bonds. The summed E-state index contributed by atoms with van der Waals surface area (Å²) >= 11 is 0. The molecule has 1 rings (SSSR count). The Balaban J connectivity index is 2.36. The Hall–Kier alpha value is -0.180. The van der Waals surface area contributed by atoms with Crippen molar-refractivity contribution in [2.24, 2.45) is 11.8 Å². The second-order valence-corrected chi connectivity index (χ2v) is 6.42. The van der Waals surface area contributed by atoms with Crippen molar-refractivity contribution in [3.8, 4) is 0 Å². The Kier molecular flexibility index (Phi) is 6.03. The number of hydrogen-bond acceptors (Lipinski definition) is 1. The van der Waals surface area contributed by atoms with Gasteiger partial charge in [0.05, 0.1) is 0 Å². The largest absolute Gasteiger partial charge is 0.307 e. The Bertz CT molecular complexity index is 233. The van der Waals surface area contributed by atoms with E-state index in [1.807, 2.05) is 0 Å². The summed E-state index contributed by atoms with van der Waals surface area (Å²) in [5, 5.41) is 0. The highest BCUT2D eigenvalue weighted by molar-refractivity contribution is 4.87. The second-order valence-electron chi connectivity index (χ2n) is 6.42. The summed E-state index contributed by atoms with van der Waals surface area (Å²) in [6.07, 6.45) is 6.05. The van der Waals surface area contributed by atoms with Gasteiger partial charge in [0.15, 0.2) is 0 Å². The van der Waals surface area contributed by atoms with E-state index < -0.39 is 5.92 Å². The average molecular weight is 261 g/mol. The maximum atomic E-state index is 12.9. The van der Waals surface area contributed by atoms with Gasteiger partial charge in [-0.15, -0.1) is 0 Å². The summed E-state index contributed by atoms with van der Waals surface area (Å²) in [5.41, 5.74) is 0. The molecule has 0 aromatic rings. The molecule has 0 saturated heterocycles. The van der Waals surface area contributed by atoms with E-state index in [0.717, 1.165) is 12.8 Å². The van der Waals surface area contributed by atoms with Gasteiger partial charge in [-0.1, -0.05) is 26.2 Å². The highest BCUT2D eigenvalue weighted by atomic mass is 19.3. The molecule has 1 nitrogen and oxygen atoms in total. The van der Waals surface area contributed by atoms with Gasteiger partial charge < -0.3 is 4.90 Å². The number of alkyl halides is 2. The molecule has 0 aromatic heterocycles. The molecule has 0 bridgehead atoms. The quantitative estimate of drug-likeness (QED) is 0.618. The third-order valence-corrected chi connectivity index (χ3v) is 4.36. The van der Waals surface area contributed by atoms with Crippen molar-refractivity contribution >= 4 is 0 Å². The van der Waals surface area contributed by atoms with Crippen LogP contribution in [0.3, 0.4) is 0 Å². The van der Waals surface area contributed by atoms with Gasteiger partial charge in [-0.2, -0.15) is 0 Å². The van der Waals surface area contributed by atoms with Gasteiger partial charge in [-0.3, -0.25) is 0 Å². The van der Waals surface area contributed by atoms with Crippen LogP contribution in [0.4, 0.5) is 8.78 Å². The van der Waals surface area contributed by atoms with Crippen molar-refractivity contribution in [1.29, 1.82) is 0 Å². The number of nitrogens with zero attached hydrogens (tertiary/aromatic N) is 1. The highest BCUT2D eigenvalue weighted by Gasteiger charge is 2.45. The minimum absolute atomic E-state index is 0.131. The lowest BCUT2D eigenvalue weighted by atomic mass is 9.74. The fourth-order valence-corrected chi connectivity index (χ4v) is 2.94. The van der Waals surface area contributed by atoms with E-state index in [2.05, 4.69) is 32.8 Å². The Morgan fingerprint density at radius 2 is 1.89 bits per heavy atom. The molecule has 0 spiro atoms. The summed E-state index contributed by atoms with van der Waals surface area (Å²) in [7, 11) is 4.19. The molecule has 108 valence electrons. The number of rotatable bonds is 8. The average Bonchev–Trinajstić information content (AvgIpc) is 2.22. The first-order valence-electron chi connectivity index (χ1n) is 7.38. The zero-order chi connectivity index (χ0) is 13.8. The van der Waals surface area contributed by atoms with Crippen LogP contribution in [-0.2, 0) is 0 Å². The van der Waals surface area contributed by atoms with Gasteiger partial charge in [0, 0.05) is 18.9 Å². The maximum absolute atomic E-state index is 12.9. The summed E-state index contributed by atoms with van der Waals surface area (Å²) < 4.78 is 25.7. The topological polar surface area (TPSA) is 3.24 Å². The van der Waals surface area contributed by atoms with Crippen LogP contribution in [-0.4, -0.2) is 31.0 Å². The van der Waals surface area contributed by atoms with Crippen molar-refractivity contribution in [3.63, 3.8) is 0 Å². The first-order chi connectivity index (χ1) is 8.34. The first-order valence-corrected chi connectivity index (χ1v) is 7.38. The molecule has 1 aliphatic rings. The summed E-state index contributed by atoms with van der Waals surface area (Å²) in [6, 6.07) is 0.549. The standard InChI is InChI=1S/C15H29F2N/c1-5-6-7-13(8-12(2)18(3)4)9-14-10-15(16,17)11-14/h12-14H,5-11H2,1-4H3. The summed E-state index contributed by atoms with van der Waals surface area (Å²) in [4.78, 5) is 2.23. The van der Waals surface area contributed by atoms with Gasteiger partial charge in [0.25, 0.3) is 0 Å². The van der Waals surface area contributed by atoms with Gasteiger partial charge in [0.2, 0.25) is 5.92 Å². The van der Waals surface area contributed by atoms with Crippen LogP contribution in [0.1, 0.15) is 58.8 Å². The van der Waals surface area contributed by atoms with Crippen molar-refractivity contribution in [2.75, 3.05) is 14.1 Å². The molecule has 0 radical (unpaired) electrons. The molecule has 2 unspecified atom stereocenters. The van der Waals surface area contributed by atoms with E-state index in [9.17, 15) is 8.78 Å². The zero-order valence-electron chi connectivity index (χ0n) is 12.4. The summed E-state index contributed by atoms with van der Waals surface area (Å²) in [6.45, 7) is 4.43. The molecule has 2 atom stereocenters. The van der Waals surface area contributed by atoms with Crippen LogP contribution in [0.25, 0.3) is 0 Å². The van der Waals surface area contributed by atoms with Gasteiger partial charge in [0.1, 0.15) is 0 Å². The van der Waals surface area contributed by atoms with Crippen LogP contribution in [0.15, 0.2) is 0 Å². The second kappa shape index (κ2) is 6.83. The third-order valence-electron chi connectivity index (χ3n) is 4.36. The molecular weight excluding hydrogens is 232 g/mol. The Morgan fingerprint density at radius 3 is 2.33 bits per heavy atom. The van der Waals surface area contributed by atoms with E-state index in [1.165, 1.54) is 19.3 Å². The molecule has 0 N–H and O–H groups in total. The first kappa shape index (κ1) is 15.9. The molecule has 0 aromatic carbocycles. The van der Waals surface area contributed by atoms with Gasteiger partial charge >= 0.3 is 0 Å². The van der Waals surface area contributed by atoms with Gasteiger partial charge in [-0.05, 0) is 45.7 Å². The molecule has 18 heavy (non-hydrogen) atoms. The molecule has 0 heterocycles. The minimum atomic E-state index is -2.35. The fourth-order valence-electron chi connectivity index (χ4n) is 2.94. The lowest BCUT2D eigenvalue weighted by Crippen LogP contribution is -2.37. The predicted molar refractivity (Wildman–Crippen MR) is 73.1 cm³/mol. The van der Waals surface area contributed by atoms with Crippen LogP contribution >= 0.6 is 0 Å². The van der Waals surface area contributed by atoms with Crippen LogP contribution in [0.2, 0.25) is 0 Å². The normalized spacial score (nSPS) is 22.8. The van der Waals surface area contributed by atoms with E-state index in [1.54, 1.807) is 0 Å². The number of halogens is 2. The van der Waals surface area contributed by atoms with Crippen molar-refractivity contribution in [1.82, 2.24) is 4.90 Å². The van der Waals surface area contributed by atoms with Crippen LogP contribution in [0.5, 0.6) is 0 Å². The SMILES string of the molecule is CCCCC(CC1CC(F)(F)C1)CC(C)N(C)C. The minimum Gasteiger partial charge on any atom is -0.307 e. The number of unbranched alkanes of at least 4 members (excludes halogenated alkanes) is 1. The molecule has 1 saturated carbocycles. The van der Waals surface area contributed by atoms with E-state index in [-0.39, 0.29) is 18.8 Å². The maximum Gasteiger partial charge on any atom is 0.248 e.